The molecule has 0 radical (unpaired) electrons. The van der Waals surface area contributed by atoms with Crippen LogP contribution in [0.5, 0.6) is 0 Å². The molecule has 1 aromatic heterocycles. The van der Waals surface area contributed by atoms with E-state index in [9.17, 15) is 18.3 Å². The lowest BCUT2D eigenvalue weighted by molar-refractivity contribution is -0.135. The molecule has 154 valence electrons. The summed E-state index contributed by atoms with van der Waals surface area (Å²) >= 11 is 1.10. The predicted octanol–water partition coefficient (Wildman–Crippen LogP) is 4.50. The van der Waals surface area contributed by atoms with E-state index in [0.29, 0.717) is 5.69 Å². The van der Waals surface area contributed by atoms with Crippen LogP contribution >= 0.6 is 11.3 Å². The van der Waals surface area contributed by atoms with E-state index in [2.05, 4.69) is 0 Å². The Labute approximate surface area is 175 Å². The van der Waals surface area contributed by atoms with Crippen LogP contribution in [0.25, 0.3) is 0 Å². The maximum Gasteiger partial charge on any atom is 0.324 e. The lowest BCUT2D eigenvalue weighted by Gasteiger charge is -2.57. The molecule has 1 aromatic carbocycles. The third-order valence-corrected chi connectivity index (χ3v) is 10.3. The molecule has 4 aliphatic rings. The van der Waals surface area contributed by atoms with Crippen LogP contribution in [0.2, 0.25) is 0 Å². The molecule has 0 atom stereocenters. The first-order valence-corrected chi connectivity index (χ1v) is 12.6. The van der Waals surface area contributed by atoms with Crippen molar-refractivity contribution in [2.45, 2.75) is 48.1 Å². The number of hydrogen-bond donors (Lipinski definition) is 1. The van der Waals surface area contributed by atoms with Crippen LogP contribution in [0.15, 0.2) is 46.0 Å². The van der Waals surface area contributed by atoms with Gasteiger partial charge >= 0.3 is 5.97 Å². The number of carbonyl (C=O) groups is 1. The second-order valence-corrected chi connectivity index (χ2v) is 12.1. The zero-order valence-corrected chi connectivity index (χ0v) is 17.8. The number of hydrogen-bond acceptors (Lipinski definition) is 4. The number of aliphatic carboxylic acids is 1. The van der Waals surface area contributed by atoms with Gasteiger partial charge < -0.3 is 5.11 Å². The minimum Gasteiger partial charge on any atom is -0.480 e. The van der Waals surface area contributed by atoms with Crippen LogP contribution in [0.1, 0.15) is 44.1 Å². The molecule has 0 amide bonds. The Morgan fingerprint density at radius 3 is 2.10 bits per heavy atom. The highest BCUT2D eigenvalue weighted by atomic mass is 32.2. The predicted molar refractivity (Wildman–Crippen MR) is 113 cm³/mol. The van der Waals surface area contributed by atoms with Gasteiger partial charge in [-0.2, -0.15) is 0 Å². The molecule has 4 aliphatic carbocycles. The number of thiophene rings is 1. The van der Waals surface area contributed by atoms with Crippen molar-refractivity contribution in [2.75, 3.05) is 10.8 Å². The van der Waals surface area contributed by atoms with E-state index < -0.39 is 22.5 Å². The van der Waals surface area contributed by atoms with E-state index in [1.165, 1.54) is 50.2 Å². The SMILES string of the molecule is O=C(O)CN(c1ccc(C23CC4CC(CC(C4)C2)C3)cc1)S(=O)(=O)c1cccs1. The van der Waals surface area contributed by atoms with E-state index in [1.807, 2.05) is 12.1 Å². The van der Waals surface area contributed by atoms with E-state index in [-0.39, 0.29) is 9.62 Å². The summed E-state index contributed by atoms with van der Waals surface area (Å²) in [5.41, 5.74) is 1.94. The summed E-state index contributed by atoms with van der Waals surface area (Å²) in [5, 5.41) is 11.0. The second kappa shape index (κ2) is 6.84. The number of anilines is 1. The Kier molecular flexibility index (Phi) is 4.51. The summed E-state index contributed by atoms with van der Waals surface area (Å²) in [4.78, 5) is 11.4. The molecule has 0 aliphatic heterocycles. The van der Waals surface area contributed by atoms with Gasteiger partial charge in [0.2, 0.25) is 0 Å². The minimum absolute atomic E-state index is 0.156. The Morgan fingerprint density at radius 1 is 1.03 bits per heavy atom. The van der Waals surface area contributed by atoms with Gasteiger partial charge in [-0.05, 0) is 90.8 Å². The van der Waals surface area contributed by atoms with Gasteiger partial charge in [-0.3, -0.25) is 9.10 Å². The summed E-state index contributed by atoms with van der Waals surface area (Å²) in [6.07, 6.45) is 7.86. The normalized spacial score (nSPS) is 30.4. The summed E-state index contributed by atoms with van der Waals surface area (Å²) in [5.74, 6) is 1.34. The van der Waals surface area contributed by atoms with Crippen LogP contribution in [-0.2, 0) is 20.2 Å². The fourth-order valence-corrected chi connectivity index (χ4v) is 8.92. The van der Waals surface area contributed by atoms with E-state index in [1.54, 1.807) is 23.6 Å². The van der Waals surface area contributed by atoms with Crippen molar-refractivity contribution in [3.63, 3.8) is 0 Å². The number of nitrogens with zero attached hydrogens (tertiary/aromatic N) is 1. The third kappa shape index (κ3) is 3.28. The van der Waals surface area contributed by atoms with Crippen LogP contribution in [0.4, 0.5) is 5.69 Å². The molecule has 6 rings (SSSR count). The summed E-state index contributed by atoms with van der Waals surface area (Å²) in [6.45, 7) is -0.586. The topological polar surface area (TPSA) is 74.7 Å². The first kappa shape index (κ1) is 19.1. The average molecular weight is 432 g/mol. The standard InChI is InChI=1S/C22H25NO4S2/c24-20(25)14-23(29(26,27)21-2-1-7-28-21)19-5-3-18(4-6-19)22-11-15-8-16(12-22)10-17(9-15)13-22/h1-7,15-17H,8-14H2,(H,24,25). The van der Waals surface area contributed by atoms with Gasteiger partial charge in [0.25, 0.3) is 10.0 Å². The zero-order chi connectivity index (χ0) is 20.2. The molecule has 0 saturated heterocycles. The average Bonchev–Trinajstić information content (AvgIpc) is 3.21. The number of benzene rings is 1. The third-order valence-electron chi connectivity index (χ3n) is 7.12. The van der Waals surface area contributed by atoms with E-state index >= 15 is 0 Å². The molecule has 2 aromatic rings. The van der Waals surface area contributed by atoms with Gasteiger partial charge in [0, 0.05) is 0 Å². The Balaban J connectivity index is 1.47. The van der Waals surface area contributed by atoms with E-state index in [0.717, 1.165) is 33.4 Å². The molecular formula is C22H25NO4S2. The first-order chi connectivity index (χ1) is 13.9. The van der Waals surface area contributed by atoms with Gasteiger partial charge in [-0.1, -0.05) is 18.2 Å². The molecule has 1 N–H and O–H groups in total. The maximum atomic E-state index is 13.0. The smallest absolute Gasteiger partial charge is 0.324 e. The fourth-order valence-electron chi connectivity index (χ4n) is 6.40. The van der Waals surface area contributed by atoms with Gasteiger partial charge in [-0.15, -0.1) is 11.3 Å². The highest BCUT2D eigenvalue weighted by Crippen LogP contribution is 2.60. The maximum absolute atomic E-state index is 13.0. The molecule has 5 nitrogen and oxygen atoms in total. The van der Waals surface area contributed by atoms with Crippen molar-refractivity contribution in [2.24, 2.45) is 17.8 Å². The van der Waals surface area contributed by atoms with Crippen LogP contribution < -0.4 is 4.31 Å². The minimum atomic E-state index is -3.89. The summed E-state index contributed by atoms with van der Waals surface area (Å²) in [7, 11) is -3.89. The van der Waals surface area contributed by atoms with Crippen molar-refractivity contribution in [1.29, 1.82) is 0 Å². The molecule has 4 bridgehead atoms. The van der Waals surface area contributed by atoms with Crippen LogP contribution in [0, 0.1) is 17.8 Å². The second-order valence-electron chi connectivity index (χ2n) is 9.08. The molecule has 0 unspecified atom stereocenters. The monoisotopic (exact) mass is 431 g/mol. The zero-order valence-electron chi connectivity index (χ0n) is 16.2. The molecule has 7 heteroatoms. The molecule has 4 saturated carbocycles. The van der Waals surface area contributed by atoms with Crippen molar-refractivity contribution in [3.8, 4) is 0 Å². The van der Waals surface area contributed by atoms with Crippen LogP contribution in [-0.4, -0.2) is 26.0 Å². The summed E-state index contributed by atoms with van der Waals surface area (Å²) in [6, 6.07) is 10.8. The van der Waals surface area contributed by atoms with Gasteiger partial charge in [0.05, 0.1) is 5.69 Å². The molecule has 4 fully saturated rings. The molecule has 1 heterocycles. The van der Waals surface area contributed by atoms with Crippen molar-refractivity contribution >= 4 is 33.0 Å². The lowest BCUT2D eigenvalue weighted by Crippen LogP contribution is -2.48. The van der Waals surface area contributed by atoms with Crippen molar-refractivity contribution in [1.82, 2.24) is 0 Å². The number of rotatable bonds is 6. The molecular weight excluding hydrogens is 406 g/mol. The Morgan fingerprint density at radius 2 is 1.62 bits per heavy atom. The number of carboxylic acid groups (broad SMARTS) is 1. The number of sulfonamides is 1. The molecule has 0 spiro atoms. The van der Waals surface area contributed by atoms with Crippen molar-refractivity contribution in [3.05, 3.63) is 47.3 Å². The van der Waals surface area contributed by atoms with Crippen LogP contribution in [0.3, 0.4) is 0 Å². The first-order valence-electron chi connectivity index (χ1n) is 10.2. The Hall–Kier alpha value is -1.86. The van der Waals surface area contributed by atoms with Gasteiger partial charge in [0.1, 0.15) is 10.8 Å². The quantitative estimate of drug-likeness (QED) is 0.731. The highest BCUT2D eigenvalue weighted by molar-refractivity contribution is 7.94. The highest BCUT2D eigenvalue weighted by Gasteiger charge is 2.51. The fraction of sp³-hybridized carbons (Fsp3) is 0.500. The van der Waals surface area contributed by atoms with Gasteiger partial charge in [0.15, 0.2) is 0 Å². The summed E-state index contributed by atoms with van der Waals surface area (Å²) < 4.78 is 27.2. The largest absolute Gasteiger partial charge is 0.480 e. The van der Waals surface area contributed by atoms with Crippen molar-refractivity contribution < 1.29 is 18.3 Å². The Bertz CT molecular complexity index is 976. The lowest BCUT2D eigenvalue weighted by atomic mass is 9.48. The van der Waals surface area contributed by atoms with E-state index in [4.69, 9.17) is 0 Å². The van der Waals surface area contributed by atoms with Gasteiger partial charge in [-0.25, -0.2) is 8.42 Å². The number of carboxylic acids is 1. The molecule has 29 heavy (non-hydrogen) atoms.